The third-order valence-corrected chi connectivity index (χ3v) is 28.8. The number of para-hydroxylation sites is 1. The molecule has 43 nitrogen and oxygen atoms in total. The highest BCUT2D eigenvalue weighted by atomic mass is 32.2. The number of aromatic carboxylic acids is 1. The number of hydrogen-bond acceptors (Lipinski definition) is 34. The van der Waals surface area contributed by atoms with Gasteiger partial charge in [0.05, 0.1) is 179 Å². The van der Waals surface area contributed by atoms with Crippen LogP contribution in [0.1, 0.15) is 134 Å². The zero-order chi connectivity index (χ0) is 106. The number of aromatic nitrogens is 4. The minimum Gasteiger partial charge on any atom is -0.491 e. The number of nitrogens with one attached hydrogen (secondary N) is 4. The summed E-state index contributed by atoms with van der Waals surface area (Å²) >= 11 is 1.38. The van der Waals surface area contributed by atoms with Gasteiger partial charge >= 0.3 is 18.0 Å². The monoisotopic (exact) mass is 2120 g/mol. The van der Waals surface area contributed by atoms with Crippen molar-refractivity contribution in [3.63, 3.8) is 0 Å². The van der Waals surface area contributed by atoms with Crippen molar-refractivity contribution in [2.24, 2.45) is 22.2 Å². The molecule has 5 fully saturated rings. The highest BCUT2D eigenvalue weighted by molar-refractivity contribution is 7.85. The van der Waals surface area contributed by atoms with Gasteiger partial charge in [0, 0.05) is 86.5 Å². The number of hydrogen-bond donors (Lipinski definition) is 10. The molecule has 6 heterocycles. The molecular formula is C104H139N11O32S2. The Balaban J connectivity index is 0.566. The number of rotatable bonds is 64. The maximum absolute atomic E-state index is 14.5. The third-order valence-electron chi connectivity index (χ3n) is 27.2. The van der Waals surface area contributed by atoms with Crippen LogP contribution in [0.4, 0.5) is 21.4 Å². The van der Waals surface area contributed by atoms with Gasteiger partial charge in [0.25, 0.3) is 27.8 Å². The number of benzene rings is 4. The molecule has 2 unspecified atom stereocenters. The van der Waals surface area contributed by atoms with Crippen molar-refractivity contribution in [1.82, 2.24) is 40.2 Å². The number of anilines is 3. The smallest absolute Gasteiger partial charge is 0.410 e. The van der Waals surface area contributed by atoms with Crippen LogP contribution in [0.5, 0.6) is 5.75 Å². The van der Waals surface area contributed by atoms with Crippen molar-refractivity contribution in [1.29, 1.82) is 0 Å². The van der Waals surface area contributed by atoms with Gasteiger partial charge < -0.3 is 122 Å². The van der Waals surface area contributed by atoms with Crippen LogP contribution in [-0.4, -0.2) is 360 Å². The van der Waals surface area contributed by atoms with Crippen molar-refractivity contribution in [2.75, 3.05) is 200 Å². The Morgan fingerprint density at radius 2 is 1.21 bits per heavy atom. The lowest BCUT2D eigenvalue weighted by Gasteiger charge is -2.69. The number of thiazole rings is 1. The number of carboxylic acid groups (broad SMARTS) is 2. The molecule has 7 aromatic rings. The lowest BCUT2D eigenvalue weighted by molar-refractivity contribution is -0.248. The summed E-state index contributed by atoms with van der Waals surface area (Å²) in [6.45, 7) is 20.1. The second-order valence-electron chi connectivity index (χ2n) is 39.4. The van der Waals surface area contributed by atoms with Crippen LogP contribution in [0.25, 0.3) is 21.3 Å². The van der Waals surface area contributed by atoms with E-state index in [1.54, 1.807) is 69.6 Å². The first-order valence-electron chi connectivity index (χ1n) is 50.3. The predicted octanol–water partition coefficient (Wildman–Crippen LogP) is 7.22. The summed E-state index contributed by atoms with van der Waals surface area (Å²) < 4.78 is 123. The molecule has 0 radical (unpaired) electrons. The quantitative estimate of drug-likeness (QED) is 0.0102. The molecule has 0 spiro atoms. The lowest BCUT2D eigenvalue weighted by atomic mass is 9.39. The summed E-state index contributed by atoms with van der Waals surface area (Å²) in [5, 5.41) is 69.7. The number of pyridine rings is 1. The van der Waals surface area contributed by atoms with Crippen LogP contribution in [0.3, 0.4) is 0 Å². The topological polar surface area (TPSA) is 549 Å². The third kappa shape index (κ3) is 32.8. The summed E-state index contributed by atoms with van der Waals surface area (Å²) in [6.07, 6.45) is -1.83. The highest BCUT2D eigenvalue weighted by Gasteiger charge is 2.66. The maximum atomic E-state index is 14.5. The Kier molecular flexibility index (Phi) is 42.3. The van der Waals surface area contributed by atoms with E-state index in [1.165, 1.54) is 36.5 Å². The van der Waals surface area contributed by atoms with E-state index in [9.17, 15) is 81.7 Å². The van der Waals surface area contributed by atoms with E-state index in [2.05, 4.69) is 40.1 Å². The fraction of sp³-hybridized carbons (Fsp3) is 0.577. The zero-order valence-corrected chi connectivity index (χ0v) is 86.8. The van der Waals surface area contributed by atoms with Crippen molar-refractivity contribution in [3.8, 4) is 16.9 Å². The Hall–Kier alpha value is -11.0. The summed E-state index contributed by atoms with van der Waals surface area (Å²) in [5.74, 6) is -7.75. The molecule has 10 atom stereocenters. The first kappa shape index (κ1) is 115. The van der Waals surface area contributed by atoms with Gasteiger partial charge in [-0.1, -0.05) is 81.5 Å². The van der Waals surface area contributed by atoms with Gasteiger partial charge in [0.1, 0.15) is 61.2 Å². The van der Waals surface area contributed by atoms with Crippen molar-refractivity contribution in [3.05, 3.63) is 160 Å². The lowest BCUT2D eigenvalue weighted by Crippen LogP contribution is -2.64. The molecule has 1 saturated heterocycles. The Morgan fingerprint density at radius 1 is 0.617 bits per heavy atom. The van der Waals surface area contributed by atoms with Crippen LogP contribution >= 0.6 is 11.3 Å². The minimum absolute atomic E-state index is 0.0968. The molecular weight excluding hydrogens is 1980 g/mol. The van der Waals surface area contributed by atoms with Gasteiger partial charge in [0.15, 0.2) is 16.9 Å². The van der Waals surface area contributed by atoms with E-state index in [4.69, 9.17) is 81.1 Å². The molecule has 45 heteroatoms. The number of imide groups is 1. The number of carbonyl (C=O) groups excluding carboxylic acids is 7. The fourth-order valence-electron chi connectivity index (χ4n) is 21.1. The minimum atomic E-state index is -4.67. The molecule has 14 rings (SSSR count). The predicted molar refractivity (Wildman–Crippen MR) is 542 cm³/mol. The van der Waals surface area contributed by atoms with Gasteiger partial charge in [-0.25, -0.2) is 24.4 Å². The van der Waals surface area contributed by atoms with Crippen LogP contribution in [0.2, 0.25) is 0 Å². The second-order valence-corrected chi connectivity index (χ2v) is 42.0. The number of methoxy groups -OCH3 is 1. The number of nitrogens with zero attached hydrogens (tertiary/aromatic N) is 7. The Morgan fingerprint density at radius 3 is 1.79 bits per heavy atom. The van der Waals surface area contributed by atoms with Crippen LogP contribution in [0.15, 0.2) is 115 Å². The number of ether oxygens (including phenoxy) is 15. The van der Waals surface area contributed by atoms with Crippen molar-refractivity contribution < 1.29 is 153 Å². The average molecular weight is 2120 g/mol. The van der Waals surface area contributed by atoms with E-state index < -0.39 is 137 Å². The van der Waals surface area contributed by atoms with Gasteiger partial charge in [-0.2, -0.15) is 13.5 Å². The van der Waals surface area contributed by atoms with E-state index in [1.807, 2.05) is 52.9 Å². The molecule has 7 aliphatic rings. The number of fused-ring (bicyclic) bond motifs is 2. The molecule has 7 amide bonds. The standard InChI is InChI=1S/C104H139N11O32S2/c1-67(2)87(110-95(123)81(115-85(116)25-26-86(115)117)55-70-15-20-75(21-16-70)144-53-52-143-51-50-142-49-48-141-47-46-140-45-44-139-43-42-138-41-40-137-39-38-136-37-36-135-35-34-134-33-32-133-7)96(124)106-68(3)93(121)107-74-19-17-73(72(56-74)18-23-82-89(118)90(119)91(120)92(147-82)98(127)128)59-145-100(129)112(30-54-149(130,131)132)29-31-146-104-63-101(5)60-102(6,64-104)62-103(61-101,65-104)66-114-69(4)78(57-105-114)76-22-24-84(109-88(76)97(125)126)113-28-27-71-11-10-12-77(79(71)58-113)94(122)111-99-108-80-13-8-9-14-83(80)148-99/h8-17,19-22,24-26,56-57,67-68,81-82,87,89-92,118-120H,18,23,27-55,58-66H2,1-7H3,(H,106,124)(H,107,121)(H,110,123)(H,125,126)(H,127,128)(H,108,111,122)(H,130,131,132)/t68-,81-,82-,87-,89-,90+,91-,92-,101?,102?,103?,104?/m0/s1. The molecule has 4 bridgehead atoms. The van der Waals surface area contributed by atoms with E-state index in [0.29, 0.717) is 222 Å². The van der Waals surface area contributed by atoms with Crippen LogP contribution in [0, 0.1) is 29.1 Å². The largest absolute Gasteiger partial charge is 0.491 e. The maximum Gasteiger partial charge on any atom is 0.410 e. The summed E-state index contributed by atoms with van der Waals surface area (Å²) in [6, 6.07) is 23.7. The van der Waals surface area contributed by atoms with Crippen LogP contribution in [-0.2, 0) is 144 Å². The molecule has 4 aliphatic carbocycles. The summed E-state index contributed by atoms with van der Waals surface area (Å²) in [5.41, 5.74) is 4.26. The van der Waals surface area contributed by atoms with Crippen molar-refractivity contribution in [2.45, 2.75) is 180 Å². The fourth-order valence-corrected chi connectivity index (χ4v) is 22.4. The van der Waals surface area contributed by atoms with E-state index in [0.717, 1.165) is 68.3 Å². The van der Waals surface area contributed by atoms with Gasteiger partial charge in [-0.15, -0.1) is 0 Å². The molecule has 3 aromatic heterocycles. The summed E-state index contributed by atoms with van der Waals surface area (Å²) in [7, 11) is -3.05. The SMILES string of the molecule is COCCOCCOCCOCCOCCOCCOCCOCCOCCOCCOCCOc1ccc(C[C@@H](C(=O)N[C@H](C(=O)N[C@@H](C)C(=O)Nc2ccc(COC(=O)N(CCOC34CC5(C)CC(C)(CC(Cn6ncc(-c7ccc(N8CCc9cccc(C(=O)Nc%10nc%11ccccc%11s%10)c9C8)nc7C(=O)O)c6C)(C5)C3)C4)CCS(=O)(=O)O)c(CC[C@@H]3O[C@H](C(=O)O)[C@@H](O)[C@H](O)[C@H]3O)c2)C(C)C)N2C(=O)C=CC2=O)cc1. The summed E-state index contributed by atoms with van der Waals surface area (Å²) in [4.78, 5) is 137. The first-order chi connectivity index (χ1) is 71.5. The number of amides is 7. The average Bonchev–Trinajstić information content (AvgIpc) is 1.32. The van der Waals surface area contributed by atoms with Gasteiger partial charge in [-0.3, -0.25) is 48.2 Å². The number of aliphatic carboxylic acids is 1. The Bertz CT molecular complexity index is 5760. The van der Waals surface area contributed by atoms with E-state index in [-0.39, 0.29) is 84.7 Å². The molecule has 4 saturated carbocycles. The molecule has 814 valence electrons. The molecule has 3 aliphatic heterocycles. The first-order valence-corrected chi connectivity index (χ1v) is 52.7. The number of aliphatic hydroxyl groups is 3. The van der Waals surface area contributed by atoms with Crippen LogP contribution < -0.4 is 30.9 Å². The molecule has 149 heavy (non-hydrogen) atoms. The Labute approximate surface area is 869 Å². The molecule has 10 N–H and O–H groups in total. The van der Waals surface area contributed by atoms with Gasteiger partial charge in [0.2, 0.25) is 17.7 Å². The number of carboxylic acids is 2. The van der Waals surface area contributed by atoms with Crippen molar-refractivity contribution >= 4 is 102 Å². The molecule has 4 aromatic carbocycles. The van der Waals surface area contributed by atoms with E-state index >= 15 is 0 Å². The number of aliphatic hydroxyl groups excluding tert-OH is 3. The zero-order valence-electron chi connectivity index (χ0n) is 85.2. The number of aryl methyl sites for hydroxylation is 1. The second kappa shape index (κ2) is 54.8. The number of carbonyl (C=O) groups is 9. The highest BCUT2D eigenvalue weighted by Crippen LogP contribution is 2.72. The van der Waals surface area contributed by atoms with Gasteiger partial charge in [-0.05, 0) is 176 Å². The normalized spacial score (nSPS) is 21.5.